The van der Waals surface area contributed by atoms with Crippen LogP contribution in [0.5, 0.6) is 0 Å². The van der Waals surface area contributed by atoms with Crippen molar-refractivity contribution in [3.05, 3.63) is 47.4 Å². The largest absolute Gasteiger partial charge is 0.393 e. The number of aliphatic hydroxyl groups excluding tert-OH is 1. The number of rotatable bonds is 6. The molecule has 0 bridgehead atoms. The molecule has 0 amide bonds. The highest BCUT2D eigenvalue weighted by molar-refractivity contribution is 5.71. The Morgan fingerprint density at radius 1 is 1.30 bits per heavy atom. The van der Waals surface area contributed by atoms with E-state index in [1.807, 2.05) is 12.3 Å². The molecule has 0 saturated heterocycles. The average Bonchev–Trinajstić information content (AvgIpc) is 3.14. The number of nitrogens with one attached hydrogen (secondary N) is 2. The summed E-state index contributed by atoms with van der Waals surface area (Å²) in [5, 5.41) is 26.3. The third-order valence-corrected chi connectivity index (χ3v) is 6.17. The minimum absolute atomic E-state index is 0.156. The fraction of sp³-hybridized carbons (Fsp3) is 0.478. The van der Waals surface area contributed by atoms with Gasteiger partial charge in [-0.3, -0.25) is 4.98 Å². The molecule has 0 unspecified atom stereocenters. The molecular weight excluding hydrogens is 376 g/mol. The van der Waals surface area contributed by atoms with Gasteiger partial charge in [0, 0.05) is 25.2 Å². The highest BCUT2D eigenvalue weighted by Gasteiger charge is 2.35. The summed E-state index contributed by atoms with van der Waals surface area (Å²) in [6.45, 7) is 4.86. The SMILES string of the molecule is CC1(C)C[C@H](Nc2nc(NCCC3=CCc4ncccc43)ncc2C#N)CC[C@@H]1O. The van der Waals surface area contributed by atoms with Crippen molar-refractivity contribution in [1.82, 2.24) is 15.0 Å². The van der Waals surface area contributed by atoms with Crippen LogP contribution in [-0.2, 0) is 6.42 Å². The minimum Gasteiger partial charge on any atom is -0.393 e. The number of nitrogens with zero attached hydrogens (tertiary/aromatic N) is 4. The van der Waals surface area contributed by atoms with Gasteiger partial charge >= 0.3 is 0 Å². The van der Waals surface area contributed by atoms with Gasteiger partial charge in [0.25, 0.3) is 0 Å². The molecule has 2 aliphatic rings. The average molecular weight is 405 g/mol. The molecule has 0 spiro atoms. The van der Waals surface area contributed by atoms with Crippen LogP contribution in [0.4, 0.5) is 11.8 Å². The summed E-state index contributed by atoms with van der Waals surface area (Å²) in [5.41, 5.74) is 3.93. The predicted molar refractivity (Wildman–Crippen MR) is 117 cm³/mol. The number of pyridine rings is 1. The standard InChI is InChI=1S/C23H28N6O/c1-23(2)12-17(6-8-20(23)30)28-21-16(13-24)14-27-22(29-21)26-11-9-15-5-7-19-18(15)4-3-10-25-19/h3-5,10,14,17,20,30H,6-9,11-12H2,1-2H3,(H2,26,27,28,29)/t17-,20+/m1/s1. The quantitative estimate of drug-likeness (QED) is 0.676. The van der Waals surface area contributed by atoms with Crippen molar-refractivity contribution in [2.45, 2.75) is 58.1 Å². The van der Waals surface area contributed by atoms with Gasteiger partial charge in [0.05, 0.1) is 18.0 Å². The van der Waals surface area contributed by atoms with Gasteiger partial charge < -0.3 is 15.7 Å². The Morgan fingerprint density at radius 2 is 2.17 bits per heavy atom. The molecule has 0 aliphatic heterocycles. The van der Waals surface area contributed by atoms with E-state index in [0.717, 1.165) is 37.8 Å². The van der Waals surface area contributed by atoms with E-state index in [9.17, 15) is 10.4 Å². The van der Waals surface area contributed by atoms with E-state index in [1.165, 1.54) is 11.1 Å². The molecule has 2 aliphatic carbocycles. The zero-order valence-corrected chi connectivity index (χ0v) is 17.5. The van der Waals surface area contributed by atoms with Gasteiger partial charge in [0.1, 0.15) is 17.5 Å². The van der Waals surface area contributed by atoms with E-state index in [2.05, 4.69) is 57.6 Å². The van der Waals surface area contributed by atoms with Gasteiger partial charge in [-0.05, 0) is 48.3 Å². The maximum absolute atomic E-state index is 10.2. The van der Waals surface area contributed by atoms with Crippen molar-refractivity contribution in [2.24, 2.45) is 5.41 Å². The molecule has 2 heterocycles. The van der Waals surface area contributed by atoms with Gasteiger partial charge in [-0.1, -0.05) is 26.0 Å². The summed E-state index contributed by atoms with van der Waals surface area (Å²) >= 11 is 0. The molecule has 1 saturated carbocycles. The Kier molecular flexibility index (Phi) is 5.69. The van der Waals surface area contributed by atoms with E-state index in [-0.39, 0.29) is 17.6 Å². The summed E-state index contributed by atoms with van der Waals surface area (Å²) in [4.78, 5) is 13.3. The summed E-state index contributed by atoms with van der Waals surface area (Å²) < 4.78 is 0. The zero-order valence-electron chi connectivity index (χ0n) is 17.5. The smallest absolute Gasteiger partial charge is 0.224 e. The van der Waals surface area contributed by atoms with Gasteiger partial charge in [-0.2, -0.15) is 10.2 Å². The van der Waals surface area contributed by atoms with Crippen molar-refractivity contribution in [3.8, 4) is 6.07 Å². The molecular formula is C23H28N6O. The maximum atomic E-state index is 10.2. The zero-order chi connectivity index (χ0) is 21.1. The third kappa shape index (κ3) is 4.29. The Balaban J connectivity index is 1.39. The molecule has 2 atom stereocenters. The van der Waals surface area contributed by atoms with E-state index < -0.39 is 0 Å². The van der Waals surface area contributed by atoms with Crippen molar-refractivity contribution in [1.29, 1.82) is 5.26 Å². The van der Waals surface area contributed by atoms with Gasteiger partial charge in [0.15, 0.2) is 0 Å². The van der Waals surface area contributed by atoms with Gasteiger partial charge in [-0.25, -0.2) is 4.98 Å². The number of fused-ring (bicyclic) bond motifs is 1. The minimum atomic E-state index is -0.293. The van der Waals surface area contributed by atoms with Crippen molar-refractivity contribution >= 4 is 17.3 Å². The molecule has 30 heavy (non-hydrogen) atoms. The van der Waals surface area contributed by atoms with E-state index in [0.29, 0.717) is 23.9 Å². The summed E-state index contributed by atoms with van der Waals surface area (Å²) in [6.07, 6.45) is 9.50. The summed E-state index contributed by atoms with van der Waals surface area (Å²) in [6, 6.07) is 6.43. The van der Waals surface area contributed by atoms with Gasteiger partial charge in [-0.15, -0.1) is 0 Å². The lowest BCUT2D eigenvalue weighted by atomic mass is 9.73. The van der Waals surface area contributed by atoms with E-state index in [1.54, 1.807) is 6.20 Å². The first-order chi connectivity index (χ1) is 14.5. The Morgan fingerprint density at radius 3 is 2.97 bits per heavy atom. The molecule has 156 valence electrons. The Bertz CT molecular complexity index is 993. The third-order valence-electron chi connectivity index (χ3n) is 6.17. The predicted octanol–water partition coefficient (Wildman–Crippen LogP) is 3.54. The van der Waals surface area contributed by atoms with Crippen LogP contribution in [0.1, 0.15) is 56.4 Å². The Hall–Kier alpha value is -2.98. The van der Waals surface area contributed by atoms with Gasteiger partial charge in [0.2, 0.25) is 5.95 Å². The van der Waals surface area contributed by atoms with Crippen LogP contribution < -0.4 is 10.6 Å². The monoisotopic (exact) mass is 404 g/mol. The number of allylic oxidation sites excluding steroid dienone is 1. The first kappa shape index (κ1) is 20.3. The topological polar surface area (TPSA) is 107 Å². The molecule has 4 rings (SSSR count). The highest BCUT2D eigenvalue weighted by Crippen LogP contribution is 2.37. The first-order valence-electron chi connectivity index (χ1n) is 10.5. The number of nitriles is 1. The first-order valence-corrected chi connectivity index (χ1v) is 10.5. The number of aliphatic hydroxyl groups is 1. The second-order valence-corrected chi connectivity index (χ2v) is 8.80. The maximum Gasteiger partial charge on any atom is 0.224 e. The summed E-state index contributed by atoms with van der Waals surface area (Å²) in [7, 11) is 0. The molecule has 7 nitrogen and oxygen atoms in total. The second-order valence-electron chi connectivity index (χ2n) is 8.80. The van der Waals surface area contributed by atoms with Crippen LogP contribution in [0.25, 0.3) is 5.57 Å². The Labute approximate surface area is 177 Å². The molecule has 3 N–H and O–H groups in total. The fourth-order valence-corrected chi connectivity index (χ4v) is 4.37. The molecule has 7 heteroatoms. The highest BCUT2D eigenvalue weighted by atomic mass is 16.3. The van der Waals surface area contributed by atoms with Crippen LogP contribution in [0.15, 0.2) is 30.6 Å². The van der Waals surface area contributed by atoms with Crippen LogP contribution in [-0.4, -0.2) is 38.7 Å². The molecule has 0 aromatic carbocycles. The van der Waals surface area contributed by atoms with Crippen LogP contribution in [0.2, 0.25) is 0 Å². The van der Waals surface area contributed by atoms with E-state index in [4.69, 9.17) is 0 Å². The normalized spacial score (nSPS) is 22.0. The molecule has 0 radical (unpaired) electrons. The lowest BCUT2D eigenvalue weighted by molar-refractivity contribution is 0.00926. The summed E-state index contributed by atoms with van der Waals surface area (Å²) in [5.74, 6) is 1.07. The van der Waals surface area contributed by atoms with Crippen molar-refractivity contribution in [2.75, 3.05) is 17.2 Å². The lowest BCUT2D eigenvalue weighted by Crippen LogP contribution is -2.41. The second kappa shape index (κ2) is 8.41. The van der Waals surface area contributed by atoms with Crippen LogP contribution in [0, 0.1) is 16.7 Å². The van der Waals surface area contributed by atoms with E-state index >= 15 is 0 Å². The lowest BCUT2D eigenvalue weighted by Gasteiger charge is -2.40. The van der Waals surface area contributed by atoms with Crippen LogP contribution in [0.3, 0.4) is 0 Å². The number of hydrogen-bond donors (Lipinski definition) is 3. The number of hydrogen-bond acceptors (Lipinski definition) is 7. The molecule has 1 fully saturated rings. The number of anilines is 2. The molecule has 2 aromatic heterocycles. The number of aromatic nitrogens is 3. The fourth-order valence-electron chi connectivity index (χ4n) is 4.37. The van der Waals surface area contributed by atoms with Crippen molar-refractivity contribution in [3.63, 3.8) is 0 Å². The van der Waals surface area contributed by atoms with Crippen molar-refractivity contribution < 1.29 is 5.11 Å². The van der Waals surface area contributed by atoms with Crippen LogP contribution >= 0.6 is 0 Å². The molecule has 2 aromatic rings.